The highest BCUT2D eigenvalue weighted by Crippen LogP contribution is 2.23. The van der Waals surface area contributed by atoms with Crippen molar-refractivity contribution in [3.8, 4) is 0 Å². The van der Waals surface area contributed by atoms with Crippen LogP contribution in [0.1, 0.15) is 6.92 Å². The third-order valence-electron chi connectivity index (χ3n) is 3.05. The normalized spacial score (nSPS) is 11.8. The molecule has 1 atom stereocenters. The van der Waals surface area contributed by atoms with E-state index in [1.807, 2.05) is 43.3 Å². The largest absolute Gasteiger partial charge is 0.383 e. The average Bonchev–Trinajstić information content (AvgIpc) is 2.46. The Bertz CT molecular complexity index is 669. The Hall–Kier alpha value is -2.48. The fraction of sp³-hybridized carbons (Fsp3) is 0.267. The number of carbonyl (C=O) groups is 1. The first-order valence-corrected chi connectivity index (χ1v) is 7.88. The Labute approximate surface area is 139 Å². The van der Waals surface area contributed by atoms with Crippen molar-refractivity contribution in [2.45, 2.75) is 17.3 Å². The molecule has 1 aromatic heterocycles. The molecule has 0 aliphatic rings. The van der Waals surface area contributed by atoms with Crippen molar-refractivity contribution in [2.24, 2.45) is 0 Å². The molecule has 0 aliphatic carbocycles. The summed E-state index contributed by atoms with van der Waals surface area (Å²) in [5.41, 5.74) is 13.0. The fourth-order valence-electron chi connectivity index (χ4n) is 1.81. The zero-order valence-electron chi connectivity index (χ0n) is 13.3. The van der Waals surface area contributed by atoms with E-state index in [1.165, 1.54) is 17.8 Å². The van der Waals surface area contributed by atoms with Crippen LogP contribution in [0.4, 0.5) is 23.0 Å². The van der Waals surface area contributed by atoms with Gasteiger partial charge in [-0.2, -0.15) is 0 Å². The number of hydrogen-bond donors (Lipinski definition) is 3. The van der Waals surface area contributed by atoms with Gasteiger partial charge in [-0.25, -0.2) is 9.97 Å². The molecule has 0 fully saturated rings. The van der Waals surface area contributed by atoms with E-state index >= 15 is 0 Å². The summed E-state index contributed by atoms with van der Waals surface area (Å²) in [6.45, 7) is 1.77. The Kier molecular flexibility index (Phi) is 5.28. The molecule has 7 nitrogen and oxygen atoms in total. The first kappa shape index (κ1) is 16.9. The summed E-state index contributed by atoms with van der Waals surface area (Å²) in [6.07, 6.45) is 0. The number of carbonyl (C=O) groups excluding carboxylic acids is 1. The molecule has 1 unspecified atom stereocenters. The molecule has 23 heavy (non-hydrogen) atoms. The van der Waals surface area contributed by atoms with Gasteiger partial charge in [0.05, 0.1) is 5.25 Å². The molecule has 0 saturated heterocycles. The lowest BCUT2D eigenvalue weighted by Crippen LogP contribution is -2.22. The monoisotopic (exact) mass is 332 g/mol. The Morgan fingerprint density at radius 2 is 1.74 bits per heavy atom. The minimum Gasteiger partial charge on any atom is -0.383 e. The van der Waals surface area contributed by atoms with E-state index in [2.05, 4.69) is 15.3 Å². The van der Waals surface area contributed by atoms with Gasteiger partial charge in [0.15, 0.2) is 5.16 Å². The number of anilines is 4. The number of nitrogens with zero attached hydrogens (tertiary/aromatic N) is 3. The Balaban J connectivity index is 1.99. The summed E-state index contributed by atoms with van der Waals surface area (Å²) >= 11 is 1.20. The van der Waals surface area contributed by atoms with E-state index in [-0.39, 0.29) is 22.8 Å². The molecule has 1 amide bonds. The number of rotatable bonds is 5. The van der Waals surface area contributed by atoms with Gasteiger partial charge in [0.2, 0.25) is 5.91 Å². The van der Waals surface area contributed by atoms with Gasteiger partial charge < -0.3 is 21.7 Å². The number of hydrogen-bond acceptors (Lipinski definition) is 7. The molecule has 0 aliphatic heterocycles. The predicted molar refractivity (Wildman–Crippen MR) is 95.6 cm³/mol. The molecular weight excluding hydrogens is 312 g/mol. The van der Waals surface area contributed by atoms with Crippen LogP contribution in [0.5, 0.6) is 0 Å². The number of benzene rings is 1. The number of thioether (sulfide) groups is 1. The van der Waals surface area contributed by atoms with E-state index in [4.69, 9.17) is 11.5 Å². The van der Waals surface area contributed by atoms with Crippen molar-refractivity contribution in [2.75, 3.05) is 35.8 Å². The topological polar surface area (TPSA) is 110 Å². The van der Waals surface area contributed by atoms with E-state index in [0.29, 0.717) is 5.16 Å². The van der Waals surface area contributed by atoms with Gasteiger partial charge in [0.25, 0.3) is 0 Å². The highest BCUT2D eigenvalue weighted by molar-refractivity contribution is 8.00. The second-order valence-electron chi connectivity index (χ2n) is 5.19. The van der Waals surface area contributed by atoms with Crippen LogP contribution in [-0.4, -0.2) is 35.2 Å². The highest BCUT2D eigenvalue weighted by atomic mass is 32.2. The fourth-order valence-corrected chi connectivity index (χ4v) is 2.61. The summed E-state index contributed by atoms with van der Waals surface area (Å²) in [7, 11) is 3.92. The summed E-state index contributed by atoms with van der Waals surface area (Å²) in [5, 5.41) is 2.86. The van der Waals surface area contributed by atoms with Crippen molar-refractivity contribution < 1.29 is 4.79 Å². The molecule has 5 N–H and O–H groups in total. The molecule has 2 aromatic rings. The standard InChI is InChI=1S/C15H20N6OS/c1-9(23-15-19-12(16)8-13(17)20-15)14(22)18-10-4-6-11(7-5-10)21(2)3/h4-9H,1-3H3,(H,18,22)(H4,16,17,19,20). The number of nitrogens with one attached hydrogen (secondary N) is 1. The number of amides is 1. The van der Waals surface area contributed by atoms with Crippen molar-refractivity contribution >= 4 is 40.7 Å². The van der Waals surface area contributed by atoms with Crippen molar-refractivity contribution in [3.05, 3.63) is 30.3 Å². The van der Waals surface area contributed by atoms with Crippen LogP contribution in [-0.2, 0) is 4.79 Å². The van der Waals surface area contributed by atoms with Gasteiger partial charge in [-0.15, -0.1) is 0 Å². The van der Waals surface area contributed by atoms with Gasteiger partial charge in [-0.3, -0.25) is 4.79 Å². The lowest BCUT2D eigenvalue weighted by atomic mass is 10.2. The van der Waals surface area contributed by atoms with Crippen molar-refractivity contribution in [1.82, 2.24) is 9.97 Å². The van der Waals surface area contributed by atoms with E-state index < -0.39 is 0 Å². The van der Waals surface area contributed by atoms with Gasteiger partial charge in [0.1, 0.15) is 11.6 Å². The number of nitrogens with two attached hydrogens (primary N) is 2. The third-order valence-corrected chi connectivity index (χ3v) is 4.01. The predicted octanol–water partition coefficient (Wildman–Crippen LogP) is 1.83. The quantitative estimate of drug-likeness (QED) is 0.566. The third kappa shape index (κ3) is 4.75. The smallest absolute Gasteiger partial charge is 0.237 e. The van der Waals surface area contributed by atoms with Crippen molar-refractivity contribution in [3.63, 3.8) is 0 Å². The lowest BCUT2D eigenvalue weighted by Gasteiger charge is -2.14. The SMILES string of the molecule is CC(Sc1nc(N)cc(N)n1)C(=O)Nc1ccc(N(C)C)cc1. The van der Waals surface area contributed by atoms with Gasteiger partial charge in [-0.05, 0) is 31.2 Å². The zero-order chi connectivity index (χ0) is 17.0. The number of nitrogen functional groups attached to an aromatic ring is 2. The van der Waals surface area contributed by atoms with Crippen LogP contribution in [0, 0.1) is 0 Å². The summed E-state index contributed by atoms with van der Waals surface area (Å²) < 4.78 is 0. The number of aromatic nitrogens is 2. The van der Waals surface area contributed by atoms with E-state index in [1.54, 1.807) is 6.92 Å². The van der Waals surface area contributed by atoms with Crippen LogP contribution in [0.2, 0.25) is 0 Å². The minimum absolute atomic E-state index is 0.141. The highest BCUT2D eigenvalue weighted by Gasteiger charge is 2.16. The van der Waals surface area contributed by atoms with Crippen LogP contribution < -0.4 is 21.7 Å². The molecule has 1 heterocycles. The molecular formula is C15H20N6OS. The Morgan fingerprint density at radius 3 is 2.26 bits per heavy atom. The molecule has 0 spiro atoms. The van der Waals surface area contributed by atoms with Crippen LogP contribution in [0.15, 0.2) is 35.5 Å². The second-order valence-corrected chi connectivity index (χ2v) is 6.50. The maximum atomic E-state index is 12.2. The van der Waals surface area contributed by atoms with Crippen LogP contribution in [0.25, 0.3) is 0 Å². The molecule has 0 bridgehead atoms. The van der Waals surface area contributed by atoms with Gasteiger partial charge in [0, 0.05) is 31.5 Å². The molecule has 122 valence electrons. The minimum atomic E-state index is -0.385. The van der Waals surface area contributed by atoms with Crippen LogP contribution in [0.3, 0.4) is 0 Å². The summed E-state index contributed by atoms with van der Waals surface area (Å²) in [6, 6.07) is 9.07. The average molecular weight is 332 g/mol. The lowest BCUT2D eigenvalue weighted by molar-refractivity contribution is -0.115. The summed E-state index contributed by atoms with van der Waals surface area (Å²) in [5.74, 6) is 0.427. The maximum absolute atomic E-state index is 12.2. The Morgan fingerprint density at radius 1 is 1.17 bits per heavy atom. The molecule has 2 rings (SSSR count). The molecule has 0 saturated carbocycles. The molecule has 8 heteroatoms. The second kappa shape index (κ2) is 7.19. The molecule has 0 radical (unpaired) electrons. The van der Waals surface area contributed by atoms with E-state index in [0.717, 1.165) is 11.4 Å². The van der Waals surface area contributed by atoms with Crippen LogP contribution >= 0.6 is 11.8 Å². The molecule has 1 aromatic carbocycles. The summed E-state index contributed by atoms with van der Waals surface area (Å²) in [4.78, 5) is 22.4. The zero-order valence-corrected chi connectivity index (χ0v) is 14.1. The van der Waals surface area contributed by atoms with Gasteiger partial charge in [-0.1, -0.05) is 11.8 Å². The van der Waals surface area contributed by atoms with Gasteiger partial charge >= 0.3 is 0 Å². The first-order chi connectivity index (χ1) is 10.8. The van der Waals surface area contributed by atoms with E-state index in [9.17, 15) is 4.79 Å². The van der Waals surface area contributed by atoms with Crippen molar-refractivity contribution in [1.29, 1.82) is 0 Å². The maximum Gasteiger partial charge on any atom is 0.237 e. The first-order valence-electron chi connectivity index (χ1n) is 7.00.